The van der Waals surface area contributed by atoms with Gasteiger partial charge in [0.25, 0.3) is 5.91 Å². The molecular weight excluding hydrogens is 562 g/mol. The second-order valence-corrected chi connectivity index (χ2v) is 12.1. The van der Waals surface area contributed by atoms with Crippen LogP contribution in [0.1, 0.15) is 83.4 Å². The summed E-state index contributed by atoms with van der Waals surface area (Å²) in [6.07, 6.45) is 5.68. The number of anilines is 1. The lowest BCUT2D eigenvalue weighted by atomic mass is 9.95. The molecule has 1 atom stereocenters. The van der Waals surface area contributed by atoms with Gasteiger partial charge in [-0.25, -0.2) is 4.79 Å². The summed E-state index contributed by atoms with van der Waals surface area (Å²) >= 11 is 2.77. The molecule has 0 bridgehead atoms. The van der Waals surface area contributed by atoms with E-state index in [0.29, 0.717) is 39.4 Å². The lowest BCUT2D eigenvalue weighted by molar-refractivity contribution is -0.115. The maximum Gasteiger partial charge on any atom is 0.341 e. The first kappa shape index (κ1) is 30.6. The molecule has 10 nitrogen and oxygen atoms in total. The van der Waals surface area contributed by atoms with Crippen LogP contribution in [-0.4, -0.2) is 51.5 Å². The molecule has 4 rings (SSSR count). The lowest BCUT2D eigenvalue weighted by Crippen LogP contribution is -2.25. The molecule has 0 spiro atoms. The number of carbonyl (C=O) groups excluding carboxylic acids is 3. The molecule has 0 radical (unpaired) electrons. The van der Waals surface area contributed by atoms with E-state index in [9.17, 15) is 14.4 Å². The van der Waals surface area contributed by atoms with Gasteiger partial charge in [0.1, 0.15) is 10.8 Å². The van der Waals surface area contributed by atoms with Crippen LogP contribution in [0.5, 0.6) is 5.75 Å². The number of esters is 1. The minimum Gasteiger partial charge on any atom is -0.497 e. The van der Waals surface area contributed by atoms with Crippen molar-refractivity contribution in [2.24, 2.45) is 0 Å². The SMILES string of the molecule is CCCCn1c(CNC(=O)c2cccc(OC)c2)nnc1S[C@@H](C)C(=O)Nc1sc2c(c1C(=O)OCC)CCCC2. The van der Waals surface area contributed by atoms with Crippen molar-refractivity contribution in [1.82, 2.24) is 20.1 Å². The third-order valence-electron chi connectivity index (χ3n) is 6.81. The summed E-state index contributed by atoms with van der Waals surface area (Å²) in [6, 6.07) is 6.94. The third kappa shape index (κ3) is 7.48. The smallest absolute Gasteiger partial charge is 0.341 e. The van der Waals surface area contributed by atoms with Crippen LogP contribution in [0.3, 0.4) is 0 Å². The first-order chi connectivity index (χ1) is 19.9. The van der Waals surface area contributed by atoms with Crippen molar-refractivity contribution >= 4 is 45.9 Å². The summed E-state index contributed by atoms with van der Waals surface area (Å²) in [5, 5.41) is 15.2. The number of amides is 2. The highest BCUT2D eigenvalue weighted by molar-refractivity contribution is 8.00. The highest BCUT2D eigenvalue weighted by atomic mass is 32.2. The fraction of sp³-hybridized carbons (Fsp3) is 0.483. The van der Waals surface area contributed by atoms with Gasteiger partial charge in [-0.1, -0.05) is 31.2 Å². The molecule has 1 aliphatic carbocycles. The molecule has 0 saturated carbocycles. The second-order valence-electron chi connectivity index (χ2n) is 9.70. The lowest BCUT2D eigenvalue weighted by Gasteiger charge is -2.14. The monoisotopic (exact) mass is 599 g/mol. The number of fused-ring (bicyclic) bond motifs is 1. The summed E-state index contributed by atoms with van der Waals surface area (Å²) in [7, 11) is 1.56. The van der Waals surface area contributed by atoms with Crippen molar-refractivity contribution in [3.8, 4) is 5.75 Å². The van der Waals surface area contributed by atoms with Crippen LogP contribution in [0.25, 0.3) is 0 Å². The van der Waals surface area contributed by atoms with Gasteiger partial charge in [0.2, 0.25) is 5.91 Å². The van der Waals surface area contributed by atoms with E-state index in [1.807, 2.05) is 4.57 Å². The van der Waals surface area contributed by atoms with E-state index in [-0.39, 0.29) is 30.9 Å². The number of nitrogens with one attached hydrogen (secondary N) is 2. The number of carbonyl (C=O) groups is 3. The first-order valence-electron chi connectivity index (χ1n) is 14.0. The van der Waals surface area contributed by atoms with Crippen molar-refractivity contribution in [1.29, 1.82) is 0 Å². The van der Waals surface area contributed by atoms with Gasteiger partial charge in [-0.3, -0.25) is 9.59 Å². The zero-order chi connectivity index (χ0) is 29.4. The van der Waals surface area contributed by atoms with Gasteiger partial charge in [0.05, 0.1) is 31.1 Å². The molecule has 1 aliphatic rings. The van der Waals surface area contributed by atoms with Crippen molar-refractivity contribution in [3.63, 3.8) is 0 Å². The van der Waals surface area contributed by atoms with Gasteiger partial charge in [-0.15, -0.1) is 21.5 Å². The summed E-state index contributed by atoms with van der Waals surface area (Å²) in [5.41, 5.74) is 1.99. The van der Waals surface area contributed by atoms with Crippen LogP contribution < -0.4 is 15.4 Å². The van der Waals surface area contributed by atoms with Crippen LogP contribution in [-0.2, 0) is 35.5 Å². The fourth-order valence-electron chi connectivity index (χ4n) is 4.60. The number of thioether (sulfide) groups is 1. The van der Waals surface area contributed by atoms with E-state index >= 15 is 0 Å². The Labute approximate surface area is 248 Å². The van der Waals surface area contributed by atoms with E-state index < -0.39 is 5.25 Å². The standard InChI is InChI=1S/C29H37N5O5S2/c1-5-7-15-34-23(17-30-26(36)19-11-10-12-20(16-19)38-4)32-33-29(34)40-18(3)25(35)31-27-24(28(37)39-6-2)21-13-8-9-14-22(21)41-27/h10-12,16,18H,5-9,13-15,17H2,1-4H3,(H,30,36)(H,31,35)/t18-/m0/s1. The van der Waals surface area contributed by atoms with Gasteiger partial charge in [0, 0.05) is 17.0 Å². The molecule has 2 aromatic heterocycles. The number of nitrogens with zero attached hydrogens (tertiary/aromatic N) is 3. The van der Waals surface area contributed by atoms with Crippen LogP contribution in [0.2, 0.25) is 0 Å². The third-order valence-corrected chi connectivity index (χ3v) is 9.09. The Bertz CT molecular complexity index is 1390. The number of ether oxygens (including phenoxy) is 2. The van der Waals surface area contributed by atoms with Gasteiger partial charge < -0.3 is 24.7 Å². The Morgan fingerprint density at radius 3 is 2.73 bits per heavy atom. The number of thiophene rings is 1. The van der Waals surface area contributed by atoms with Crippen molar-refractivity contribution < 1.29 is 23.9 Å². The summed E-state index contributed by atoms with van der Waals surface area (Å²) < 4.78 is 12.5. The van der Waals surface area contributed by atoms with E-state index in [1.165, 1.54) is 23.1 Å². The molecule has 12 heteroatoms. The number of hydrogen-bond donors (Lipinski definition) is 2. The quantitative estimate of drug-likeness (QED) is 0.202. The molecule has 3 aromatic rings. The number of hydrogen-bond acceptors (Lipinski definition) is 9. The Morgan fingerprint density at radius 1 is 1.17 bits per heavy atom. The van der Waals surface area contributed by atoms with Gasteiger partial charge in [0.15, 0.2) is 11.0 Å². The summed E-state index contributed by atoms with van der Waals surface area (Å²) in [4.78, 5) is 40.0. The largest absolute Gasteiger partial charge is 0.497 e. The maximum absolute atomic E-state index is 13.3. The molecule has 41 heavy (non-hydrogen) atoms. The highest BCUT2D eigenvalue weighted by Gasteiger charge is 2.29. The zero-order valence-electron chi connectivity index (χ0n) is 24.0. The fourth-order valence-corrected chi connectivity index (χ4v) is 6.78. The second kappa shape index (κ2) is 14.5. The Kier molecular flexibility index (Phi) is 10.8. The molecule has 2 heterocycles. The molecule has 220 valence electrons. The molecule has 0 saturated heterocycles. The number of unbranched alkanes of at least 4 members (excludes halogenated alkanes) is 1. The van der Waals surface area contributed by atoms with E-state index in [1.54, 1.807) is 45.2 Å². The van der Waals surface area contributed by atoms with E-state index in [2.05, 4.69) is 27.8 Å². The average Bonchev–Trinajstić information content (AvgIpc) is 3.54. The molecular formula is C29H37N5O5S2. The van der Waals surface area contributed by atoms with Crippen molar-refractivity contribution in [2.75, 3.05) is 19.0 Å². The zero-order valence-corrected chi connectivity index (χ0v) is 25.6. The maximum atomic E-state index is 13.3. The average molecular weight is 600 g/mol. The van der Waals surface area contributed by atoms with Crippen LogP contribution in [0.15, 0.2) is 29.4 Å². The van der Waals surface area contributed by atoms with Crippen LogP contribution in [0.4, 0.5) is 5.00 Å². The Hall–Kier alpha value is -3.38. The molecule has 0 fully saturated rings. The van der Waals surface area contributed by atoms with E-state index in [0.717, 1.165) is 49.0 Å². The predicted octanol–water partition coefficient (Wildman–Crippen LogP) is 5.25. The van der Waals surface area contributed by atoms with Crippen LogP contribution in [0, 0.1) is 0 Å². The molecule has 2 amide bonds. The minimum atomic E-state index is -0.507. The molecule has 1 aromatic carbocycles. The molecule has 0 unspecified atom stereocenters. The number of aromatic nitrogens is 3. The van der Waals surface area contributed by atoms with Crippen molar-refractivity contribution in [2.45, 2.75) is 82.8 Å². The predicted molar refractivity (Wildman–Crippen MR) is 160 cm³/mol. The van der Waals surface area contributed by atoms with Crippen molar-refractivity contribution in [3.05, 3.63) is 51.7 Å². The van der Waals surface area contributed by atoms with Gasteiger partial charge >= 0.3 is 5.97 Å². The number of methoxy groups -OCH3 is 1. The van der Waals surface area contributed by atoms with Crippen LogP contribution >= 0.6 is 23.1 Å². The van der Waals surface area contributed by atoms with E-state index in [4.69, 9.17) is 9.47 Å². The number of aryl methyl sites for hydroxylation is 1. The topological polar surface area (TPSA) is 124 Å². The minimum absolute atomic E-state index is 0.192. The summed E-state index contributed by atoms with van der Waals surface area (Å²) in [5.74, 6) is 0.360. The molecule has 0 aliphatic heterocycles. The number of rotatable bonds is 13. The Morgan fingerprint density at radius 2 is 1.98 bits per heavy atom. The Balaban J connectivity index is 1.46. The first-order valence-corrected chi connectivity index (χ1v) is 15.7. The normalized spacial score (nSPS) is 13.3. The van der Waals surface area contributed by atoms with Gasteiger partial charge in [-0.2, -0.15) is 0 Å². The highest BCUT2D eigenvalue weighted by Crippen LogP contribution is 2.39. The number of benzene rings is 1. The molecule has 2 N–H and O–H groups in total. The summed E-state index contributed by atoms with van der Waals surface area (Å²) in [6.45, 7) is 6.81. The van der Waals surface area contributed by atoms with Gasteiger partial charge in [-0.05, 0) is 69.7 Å².